The Kier molecular flexibility index (Phi) is 9.53. The molecule has 4 heteroatoms. The van der Waals surface area contributed by atoms with Gasteiger partial charge in [0.1, 0.15) is 11.5 Å². The van der Waals surface area contributed by atoms with Crippen molar-refractivity contribution in [3.05, 3.63) is 36.4 Å². The van der Waals surface area contributed by atoms with Crippen LogP contribution in [0.25, 0.3) is 10.8 Å². The number of hydrogen-bond donors (Lipinski definition) is 0. The predicted molar refractivity (Wildman–Crippen MR) is 113 cm³/mol. The number of carbonyl (C=O) groups excluding carboxylic acids is 2. The largest absolute Gasteiger partial charge is 0.426 e. The van der Waals surface area contributed by atoms with Crippen molar-refractivity contribution >= 4 is 22.7 Å². The first-order valence-corrected chi connectivity index (χ1v) is 10.6. The molecule has 0 aliphatic carbocycles. The summed E-state index contributed by atoms with van der Waals surface area (Å²) >= 11 is 0. The van der Waals surface area contributed by atoms with Crippen molar-refractivity contribution in [2.45, 2.75) is 78.1 Å². The van der Waals surface area contributed by atoms with Crippen LogP contribution in [-0.2, 0) is 9.59 Å². The molecule has 0 aliphatic rings. The number of benzene rings is 2. The Balaban J connectivity index is 2.03. The van der Waals surface area contributed by atoms with Gasteiger partial charge in [-0.15, -0.1) is 0 Å². The number of esters is 2. The summed E-state index contributed by atoms with van der Waals surface area (Å²) < 4.78 is 11.2. The molecule has 4 nitrogen and oxygen atoms in total. The SMILES string of the molecule is CCCCCCC(=O)Oc1ccc(OC(=O)CCCCCC)c2ccccc12. The van der Waals surface area contributed by atoms with E-state index < -0.39 is 0 Å². The quantitative estimate of drug-likeness (QED) is 0.235. The molecular formula is C24H32O4. The Morgan fingerprint density at radius 3 is 1.46 bits per heavy atom. The van der Waals surface area contributed by atoms with Crippen molar-refractivity contribution in [3.8, 4) is 11.5 Å². The van der Waals surface area contributed by atoms with Crippen molar-refractivity contribution < 1.29 is 19.1 Å². The summed E-state index contributed by atoms with van der Waals surface area (Å²) in [5.41, 5.74) is 0. The summed E-state index contributed by atoms with van der Waals surface area (Å²) in [4.78, 5) is 24.3. The second-order valence-electron chi connectivity index (χ2n) is 7.18. The van der Waals surface area contributed by atoms with Gasteiger partial charge in [0.05, 0.1) is 0 Å². The first-order valence-electron chi connectivity index (χ1n) is 10.6. The highest BCUT2D eigenvalue weighted by Crippen LogP contribution is 2.33. The number of carbonyl (C=O) groups is 2. The van der Waals surface area contributed by atoms with Gasteiger partial charge in [-0.25, -0.2) is 0 Å². The van der Waals surface area contributed by atoms with E-state index in [1.165, 1.54) is 0 Å². The average Bonchev–Trinajstić information content (AvgIpc) is 2.70. The van der Waals surface area contributed by atoms with Crippen LogP contribution in [0.3, 0.4) is 0 Å². The number of rotatable bonds is 12. The first-order chi connectivity index (χ1) is 13.7. The summed E-state index contributed by atoms with van der Waals surface area (Å²) in [6.45, 7) is 4.29. The normalized spacial score (nSPS) is 10.8. The summed E-state index contributed by atoms with van der Waals surface area (Å²) in [7, 11) is 0. The lowest BCUT2D eigenvalue weighted by Gasteiger charge is -2.12. The van der Waals surface area contributed by atoms with E-state index in [0.717, 1.165) is 62.1 Å². The van der Waals surface area contributed by atoms with Crippen LogP contribution < -0.4 is 9.47 Å². The standard InChI is InChI=1S/C24H32O4/c1-3-5-7-9-15-23(25)27-21-17-18-22(20-14-12-11-13-19(20)21)28-24(26)16-10-8-6-4-2/h11-14,17-18H,3-10,15-16H2,1-2H3. The van der Waals surface area contributed by atoms with E-state index in [1.54, 1.807) is 12.1 Å². The van der Waals surface area contributed by atoms with E-state index >= 15 is 0 Å². The minimum Gasteiger partial charge on any atom is -0.426 e. The molecule has 0 saturated carbocycles. The molecule has 0 heterocycles. The van der Waals surface area contributed by atoms with E-state index in [9.17, 15) is 9.59 Å². The molecule has 2 rings (SSSR count). The summed E-state index contributed by atoms with van der Waals surface area (Å²) in [6, 6.07) is 11.0. The van der Waals surface area contributed by atoms with E-state index in [1.807, 2.05) is 24.3 Å². The van der Waals surface area contributed by atoms with Gasteiger partial charge in [0, 0.05) is 23.6 Å². The van der Waals surface area contributed by atoms with Crippen molar-refractivity contribution in [1.29, 1.82) is 0 Å². The van der Waals surface area contributed by atoms with Crippen LogP contribution in [0, 0.1) is 0 Å². The van der Waals surface area contributed by atoms with E-state index in [4.69, 9.17) is 9.47 Å². The Hall–Kier alpha value is -2.36. The van der Waals surface area contributed by atoms with Gasteiger partial charge in [0.2, 0.25) is 0 Å². The molecule has 0 spiro atoms. The molecular weight excluding hydrogens is 352 g/mol. The van der Waals surface area contributed by atoms with E-state index in [0.29, 0.717) is 24.3 Å². The molecule has 2 aromatic rings. The summed E-state index contributed by atoms with van der Waals surface area (Å²) in [5.74, 6) is 0.585. The van der Waals surface area contributed by atoms with Crippen LogP contribution in [0.5, 0.6) is 11.5 Å². The number of hydrogen-bond acceptors (Lipinski definition) is 4. The van der Waals surface area contributed by atoms with E-state index in [-0.39, 0.29) is 11.9 Å². The predicted octanol–water partition coefficient (Wildman–Crippen LogP) is 6.59. The second-order valence-corrected chi connectivity index (χ2v) is 7.18. The first kappa shape index (κ1) is 21.9. The van der Waals surface area contributed by atoms with Crippen LogP contribution in [-0.4, -0.2) is 11.9 Å². The van der Waals surface area contributed by atoms with Crippen molar-refractivity contribution in [3.63, 3.8) is 0 Å². The maximum absolute atomic E-state index is 12.1. The van der Waals surface area contributed by atoms with Gasteiger partial charge in [-0.2, -0.15) is 0 Å². The van der Waals surface area contributed by atoms with Gasteiger partial charge in [-0.1, -0.05) is 76.6 Å². The third-order valence-electron chi connectivity index (χ3n) is 4.76. The number of unbranched alkanes of at least 4 members (excludes halogenated alkanes) is 6. The van der Waals surface area contributed by atoms with Crippen LogP contribution in [0.2, 0.25) is 0 Å². The topological polar surface area (TPSA) is 52.6 Å². The van der Waals surface area contributed by atoms with Gasteiger partial charge in [-0.05, 0) is 25.0 Å². The molecule has 0 N–H and O–H groups in total. The molecule has 0 amide bonds. The highest BCUT2D eigenvalue weighted by Gasteiger charge is 2.13. The zero-order valence-corrected chi connectivity index (χ0v) is 17.2. The second kappa shape index (κ2) is 12.2. The van der Waals surface area contributed by atoms with Gasteiger partial charge in [0.15, 0.2) is 0 Å². The van der Waals surface area contributed by atoms with Crippen LogP contribution in [0.15, 0.2) is 36.4 Å². The Morgan fingerprint density at radius 1 is 0.643 bits per heavy atom. The lowest BCUT2D eigenvalue weighted by Crippen LogP contribution is -2.09. The maximum Gasteiger partial charge on any atom is 0.311 e. The van der Waals surface area contributed by atoms with Crippen molar-refractivity contribution in [2.75, 3.05) is 0 Å². The minimum atomic E-state index is -0.220. The fourth-order valence-electron chi connectivity index (χ4n) is 3.16. The van der Waals surface area contributed by atoms with Crippen LogP contribution in [0.4, 0.5) is 0 Å². The third-order valence-corrected chi connectivity index (χ3v) is 4.76. The molecule has 0 bridgehead atoms. The monoisotopic (exact) mass is 384 g/mol. The molecule has 0 radical (unpaired) electrons. The van der Waals surface area contributed by atoms with Crippen LogP contribution in [0.1, 0.15) is 78.1 Å². The average molecular weight is 385 g/mol. The van der Waals surface area contributed by atoms with Gasteiger partial charge in [-0.3, -0.25) is 9.59 Å². The fourth-order valence-corrected chi connectivity index (χ4v) is 3.16. The molecule has 0 aromatic heterocycles. The smallest absolute Gasteiger partial charge is 0.311 e. The van der Waals surface area contributed by atoms with Crippen molar-refractivity contribution in [2.24, 2.45) is 0 Å². The highest BCUT2D eigenvalue weighted by atomic mass is 16.5. The zero-order valence-electron chi connectivity index (χ0n) is 17.2. The van der Waals surface area contributed by atoms with Crippen molar-refractivity contribution in [1.82, 2.24) is 0 Å². The Morgan fingerprint density at radius 2 is 1.07 bits per heavy atom. The molecule has 0 unspecified atom stereocenters. The number of ether oxygens (including phenoxy) is 2. The zero-order chi connectivity index (χ0) is 20.2. The summed E-state index contributed by atoms with van der Waals surface area (Å²) in [6.07, 6.45) is 9.15. The highest BCUT2D eigenvalue weighted by molar-refractivity contribution is 5.96. The molecule has 28 heavy (non-hydrogen) atoms. The lowest BCUT2D eigenvalue weighted by atomic mass is 10.1. The Bertz CT molecular complexity index is 702. The molecule has 0 fully saturated rings. The fraction of sp³-hybridized carbons (Fsp3) is 0.500. The molecule has 0 aliphatic heterocycles. The van der Waals surface area contributed by atoms with Gasteiger partial charge in [0.25, 0.3) is 0 Å². The number of fused-ring (bicyclic) bond motifs is 1. The molecule has 2 aromatic carbocycles. The third kappa shape index (κ3) is 6.99. The van der Waals surface area contributed by atoms with Gasteiger partial charge < -0.3 is 9.47 Å². The Labute approximate surface area is 168 Å². The maximum atomic E-state index is 12.1. The molecule has 0 atom stereocenters. The minimum absolute atomic E-state index is 0.220. The lowest BCUT2D eigenvalue weighted by molar-refractivity contribution is -0.135. The molecule has 152 valence electrons. The van der Waals surface area contributed by atoms with E-state index in [2.05, 4.69) is 13.8 Å². The summed E-state index contributed by atoms with van der Waals surface area (Å²) in [5, 5.41) is 1.56. The molecule has 0 saturated heterocycles. The van der Waals surface area contributed by atoms with Crippen LogP contribution >= 0.6 is 0 Å². The van der Waals surface area contributed by atoms with Gasteiger partial charge >= 0.3 is 11.9 Å².